The second-order valence-corrected chi connectivity index (χ2v) is 7.51. The van der Waals surface area contributed by atoms with Crippen LogP contribution in [0.1, 0.15) is 32.1 Å². The fourth-order valence-electron chi connectivity index (χ4n) is 3.37. The molecular formula is C21H21ClF3N3O. The molecule has 2 aromatic carbocycles. The highest BCUT2D eigenvalue weighted by Gasteiger charge is 2.53. The minimum Gasteiger partial charge on any atom is -0.382 e. The Morgan fingerprint density at radius 1 is 0.897 bits per heavy atom. The molecule has 1 aliphatic carbocycles. The molecule has 0 atom stereocenters. The van der Waals surface area contributed by atoms with Gasteiger partial charge in [-0.2, -0.15) is 13.2 Å². The SMILES string of the molecule is Nc1nnc(-c2ccc(Cl)cc2)c2ccccc12.OC1(C(F)(F)F)CCCCC1. The Kier molecular flexibility index (Phi) is 6.29. The highest BCUT2D eigenvalue weighted by molar-refractivity contribution is 6.30. The van der Waals surface area contributed by atoms with Gasteiger partial charge in [0.15, 0.2) is 11.4 Å². The number of alkyl halides is 3. The van der Waals surface area contributed by atoms with E-state index in [0.29, 0.717) is 23.7 Å². The van der Waals surface area contributed by atoms with E-state index in [4.69, 9.17) is 22.4 Å². The van der Waals surface area contributed by atoms with Crippen molar-refractivity contribution in [3.8, 4) is 11.3 Å². The Bertz CT molecular complexity index is 971. The van der Waals surface area contributed by atoms with Gasteiger partial charge in [-0.05, 0) is 25.0 Å². The molecule has 3 N–H and O–H groups in total. The molecule has 0 unspecified atom stereocenters. The van der Waals surface area contributed by atoms with E-state index in [1.165, 1.54) is 0 Å². The predicted molar refractivity (Wildman–Crippen MR) is 108 cm³/mol. The summed E-state index contributed by atoms with van der Waals surface area (Å²) in [6.07, 6.45) is -2.93. The van der Waals surface area contributed by atoms with Crippen LogP contribution in [0.3, 0.4) is 0 Å². The third kappa shape index (κ3) is 4.79. The van der Waals surface area contributed by atoms with Crippen molar-refractivity contribution < 1.29 is 18.3 Å². The summed E-state index contributed by atoms with van der Waals surface area (Å²) in [5.74, 6) is 0.448. The van der Waals surface area contributed by atoms with Gasteiger partial charge in [0, 0.05) is 21.4 Å². The number of aromatic nitrogens is 2. The summed E-state index contributed by atoms with van der Waals surface area (Å²) in [7, 11) is 0. The molecule has 0 spiro atoms. The number of hydrogen-bond acceptors (Lipinski definition) is 4. The van der Waals surface area contributed by atoms with Gasteiger partial charge in [0.05, 0.1) is 0 Å². The second-order valence-electron chi connectivity index (χ2n) is 7.08. The lowest BCUT2D eigenvalue weighted by molar-refractivity contribution is -0.269. The zero-order valence-electron chi connectivity index (χ0n) is 15.6. The molecule has 29 heavy (non-hydrogen) atoms. The zero-order chi connectivity index (χ0) is 21.1. The summed E-state index contributed by atoms with van der Waals surface area (Å²) in [5.41, 5.74) is 5.24. The molecule has 0 aliphatic heterocycles. The Labute approximate surface area is 171 Å². The van der Waals surface area contributed by atoms with Crippen LogP contribution in [0.2, 0.25) is 5.02 Å². The molecule has 3 aromatic rings. The van der Waals surface area contributed by atoms with E-state index in [0.717, 1.165) is 28.5 Å². The molecule has 0 bridgehead atoms. The van der Waals surface area contributed by atoms with Crippen molar-refractivity contribution in [1.82, 2.24) is 10.2 Å². The number of nitrogens with zero attached hydrogens (tertiary/aromatic N) is 2. The first-order chi connectivity index (χ1) is 13.7. The number of fused-ring (bicyclic) bond motifs is 1. The van der Waals surface area contributed by atoms with Crippen molar-refractivity contribution in [2.24, 2.45) is 0 Å². The number of halogens is 4. The highest BCUT2D eigenvalue weighted by atomic mass is 35.5. The number of aliphatic hydroxyl groups is 1. The summed E-state index contributed by atoms with van der Waals surface area (Å²) >= 11 is 5.89. The molecule has 0 saturated heterocycles. The Balaban J connectivity index is 0.000000188. The highest BCUT2D eigenvalue weighted by Crippen LogP contribution is 2.41. The molecule has 1 fully saturated rings. The van der Waals surface area contributed by atoms with Gasteiger partial charge in [-0.3, -0.25) is 0 Å². The number of benzene rings is 2. The fourth-order valence-corrected chi connectivity index (χ4v) is 3.49. The van der Waals surface area contributed by atoms with Gasteiger partial charge in [0.1, 0.15) is 5.69 Å². The maximum Gasteiger partial charge on any atom is 0.417 e. The second kappa shape index (κ2) is 8.55. The number of anilines is 1. The van der Waals surface area contributed by atoms with Crippen LogP contribution in [-0.4, -0.2) is 27.1 Å². The van der Waals surface area contributed by atoms with E-state index in [2.05, 4.69) is 10.2 Å². The molecule has 4 nitrogen and oxygen atoms in total. The Morgan fingerprint density at radius 3 is 2.03 bits per heavy atom. The first-order valence-electron chi connectivity index (χ1n) is 9.27. The average Bonchev–Trinajstić information content (AvgIpc) is 2.70. The van der Waals surface area contributed by atoms with E-state index in [9.17, 15) is 13.2 Å². The van der Waals surface area contributed by atoms with Crippen molar-refractivity contribution in [2.45, 2.75) is 43.9 Å². The van der Waals surface area contributed by atoms with Crippen LogP contribution in [-0.2, 0) is 0 Å². The molecule has 1 heterocycles. The van der Waals surface area contributed by atoms with Crippen molar-refractivity contribution >= 4 is 28.2 Å². The first kappa shape index (κ1) is 21.3. The minimum absolute atomic E-state index is 0.128. The average molecular weight is 424 g/mol. The van der Waals surface area contributed by atoms with Crippen molar-refractivity contribution in [3.05, 3.63) is 53.6 Å². The van der Waals surface area contributed by atoms with Crippen LogP contribution in [0, 0.1) is 0 Å². The van der Waals surface area contributed by atoms with E-state index in [1.54, 1.807) is 0 Å². The topological polar surface area (TPSA) is 72.0 Å². The largest absolute Gasteiger partial charge is 0.417 e. The lowest BCUT2D eigenvalue weighted by Gasteiger charge is -2.33. The lowest BCUT2D eigenvalue weighted by Crippen LogP contribution is -2.46. The van der Waals surface area contributed by atoms with E-state index in [-0.39, 0.29) is 12.8 Å². The molecular weight excluding hydrogens is 403 g/mol. The summed E-state index contributed by atoms with van der Waals surface area (Å²) in [6, 6.07) is 15.4. The Morgan fingerprint density at radius 2 is 1.48 bits per heavy atom. The monoisotopic (exact) mass is 423 g/mol. The molecule has 0 amide bonds. The van der Waals surface area contributed by atoms with E-state index >= 15 is 0 Å². The maximum atomic E-state index is 12.1. The van der Waals surface area contributed by atoms with E-state index < -0.39 is 11.8 Å². The number of nitrogens with two attached hydrogens (primary N) is 1. The van der Waals surface area contributed by atoms with E-state index in [1.807, 2.05) is 48.5 Å². The van der Waals surface area contributed by atoms with Gasteiger partial charge >= 0.3 is 6.18 Å². The van der Waals surface area contributed by atoms with Crippen LogP contribution in [0.4, 0.5) is 19.0 Å². The first-order valence-corrected chi connectivity index (χ1v) is 9.65. The third-order valence-electron chi connectivity index (χ3n) is 5.04. The van der Waals surface area contributed by atoms with Gasteiger partial charge in [0.2, 0.25) is 0 Å². The smallest absolute Gasteiger partial charge is 0.382 e. The normalized spacial score (nSPS) is 16.2. The molecule has 4 rings (SSSR count). The maximum absolute atomic E-state index is 12.1. The van der Waals surface area contributed by atoms with Gasteiger partial charge in [-0.1, -0.05) is 67.3 Å². The van der Waals surface area contributed by atoms with Gasteiger partial charge in [-0.15, -0.1) is 10.2 Å². The van der Waals surface area contributed by atoms with Crippen LogP contribution < -0.4 is 5.73 Å². The molecule has 154 valence electrons. The summed E-state index contributed by atoms with van der Waals surface area (Å²) < 4.78 is 36.2. The molecule has 1 saturated carbocycles. The zero-order valence-corrected chi connectivity index (χ0v) is 16.3. The standard InChI is InChI=1S/C14H10ClN3.C7H11F3O/c15-10-7-5-9(6-8-10)13-11-3-1-2-4-12(11)14(16)18-17-13;8-7(9,10)6(11)4-2-1-3-5-6/h1-8H,(H2,16,18);11H,1-5H2. The molecule has 1 aromatic heterocycles. The van der Waals surface area contributed by atoms with Crippen LogP contribution >= 0.6 is 11.6 Å². The number of nitrogen functional groups attached to an aromatic ring is 1. The fraction of sp³-hybridized carbons (Fsp3) is 0.333. The van der Waals surface area contributed by atoms with Crippen LogP contribution in [0.15, 0.2) is 48.5 Å². The predicted octanol–water partition coefficient (Wildman–Crippen LogP) is 5.78. The number of hydrogen-bond donors (Lipinski definition) is 2. The third-order valence-corrected chi connectivity index (χ3v) is 5.29. The summed E-state index contributed by atoms with van der Waals surface area (Å²) in [4.78, 5) is 0. The summed E-state index contributed by atoms with van der Waals surface area (Å²) in [5, 5.41) is 19.9. The lowest BCUT2D eigenvalue weighted by atomic mass is 9.84. The number of rotatable bonds is 1. The van der Waals surface area contributed by atoms with Gasteiger partial charge in [0.25, 0.3) is 0 Å². The van der Waals surface area contributed by atoms with Crippen molar-refractivity contribution in [1.29, 1.82) is 0 Å². The van der Waals surface area contributed by atoms with Crippen molar-refractivity contribution in [2.75, 3.05) is 5.73 Å². The molecule has 1 aliphatic rings. The van der Waals surface area contributed by atoms with Gasteiger partial charge in [-0.25, -0.2) is 0 Å². The Hall–Kier alpha value is -2.38. The molecule has 0 radical (unpaired) electrons. The van der Waals surface area contributed by atoms with Crippen molar-refractivity contribution in [3.63, 3.8) is 0 Å². The quantitative estimate of drug-likeness (QED) is 0.520. The molecule has 8 heteroatoms. The van der Waals surface area contributed by atoms with Crippen LogP contribution in [0.5, 0.6) is 0 Å². The van der Waals surface area contributed by atoms with Gasteiger partial charge < -0.3 is 10.8 Å². The minimum atomic E-state index is -4.44. The summed E-state index contributed by atoms with van der Waals surface area (Å²) in [6.45, 7) is 0. The van der Waals surface area contributed by atoms with Crippen LogP contribution in [0.25, 0.3) is 22.0 Å².